The molecule has 0 fully saturated rings. The van der Waals surface area contributed by atoms with Gasteiger partial charge in [0, 0.05) is 12.6 Å². The van der Waals surface area contributed by atoms with E-state index in [0.29, 0.717) is 17.9 Å². The van der Waals surface area contributed by atoms with Gasteiger partial charge in [-0.2, -0.15) is 0 Å². The van der Waals surface area contributed by atoms with Crippen molar-refractivity contribution in [3.05, 3.63) is 35.1 Å². The van der Waals surface area contributed by atoms with Gasteiger partial charge in [-0.3, -0.25) is 0 Å². The highest BCUT2D eigenvalue weighted by Gasteiger charge is 2.26. The van der Waals surface area contributed by atoms with Gasteiger partial charge in [-0.25, -0.2) is 4.39 Å². The summed E-state index contributed by atoms with van der Waals surface area (Å²) in [5.74, 6) is 1.05. The normalized spacial score (nSPS) is 23.8. The van der Waals surface area contributed by atoms with E-state index in [1.807, 2.05) is 6.07 Å². The van der Waals surface area contributed by atoms with Gasteiger partial charge in [-0.1, -0.05) is 26.8 Å². The highest BCUT2D eigenvalue weighted by Crippen LogP contribution is 2.35. The fourth-order valence-electron chi connectivity index (χ4n) is 2.77. The van der Waals surface area contributed by atoms with Crippen molar-refractivity contribution in [1.82, 2.24) is 5.32 Å². The van der Waals surface area contributed by atoms with Crippen molar-refractivity contribution in [2.45, 2.75) is 45.6 Å². The molecule has 1 N–H and O–H groups in total. The first kappa shape index (κ1) is 12.6. The largest absolute Gasteiger partial charge is 0.309 e. The first-order valence-electron chi connectivity index (χ1n) is 6.64. The zero-order valence-electron chi connectivity index (χ0n) is 11.0. The van der Waals surface area contributed by atoms with Crippen molar-refractivity contribution in [2.75, 3.05) is 6.54 Å². The minimum absolute atomic E-state index is 0.115. The fourth-order valence-corrected chi connectivity index (χ4v) is 2.77. The molecule has 2 atom stereocenters. The first-order chi connectivity index (χ1) is 8.11. The Labute approximate surface area is 103 Å². The quantitative estimate of drug-likeness (QED) is 0.834. The van der Waals surface area contributed by atoms with E-state index in [4.69, 9.17) is 0 Å². The second kappa shape index (κ2) is 5.18. The Bertz CT molecular complexity index is 387. The van der Waals surface area contributed by atoms with Crippen molar-refractivity contribution >= 4 is 0 Å². The van der Waals surface area contributed by atoms with Gasteiger partial charge in [-0.05, 0) is 47.9 Å². The van der Waals surface area contributed by atoms with Crippen LogP contribution in [0.3, 0.4) is 0 Å². The van der Waals surface area contributed by atoms with E-state index in [1.165, 1.54) is 11.1 Å². The smallest absolute Gasteiger partial charge is 0.123 e. The third-order valence-electron chi connectivity index (χ3n) is 3.67. The molecule has 1 aromatic rings. The Morgan fingerprint density at radius 2 is 2.12 bits per heavy atom. The minimum Gasteiger partial charge on any atom is -0.309 e. The highest BCUT2D eigenvalue weighted by molar-refractivity contribution is 5.36. The molecule has 2 unspecified atom stereocenters. The highest BCUT2D eigenvalue weighted by atomic mass is 19.1. The van der Waals surface area contributed by atoms with Gasteiger partial charge in [0.15, 0.2) is 0 Å². The van der Waals surface area contributed by atoms with Crippen LogP contribution in [0.4, 0.5) is 4.39 Å². The zero-order chi connectivity index (χ0) is 12.4. The Morgan fingerprint density at radius 3 is 2.76 bits per heavy atom. The molecule has 1 aliphatic rings. The number of fused-ring (bicyclic) bond motifs is 1. The summed E-state index contributed by atoms with van der Waals surface area (Å²) < 4.78 is 13.4. The van der Waals surface area contributed by atoms with E-state index in [9.17, 15) is 4.39 Å². The molecule has 0 aromatic heterocycles. The minimum atomic E-state index is -0.115. The molecule has 2 heteroatoms. The second-order valence-electron chi connectivity index (χ2n) is 5.47. The van der Waals surface area contributed by atoms with Crippen LogP contribution in [0.25, 0.3) is 0 Å². The number of hydrogen-bond acceptors (Lipinski definition) is 1. The predicted octanol–water partition coefficient (Wildman–Crippen LogP) is 4.01. The summed E-state index contributed by atoms with van der Waals surface area (Å²) in [5.41, 5.74) is 2.52. The van der Waals surface area contributed by atoms with Crippen molar-refractivity contribution in [1.29, 1.82) is 0 Å². The molecule has 0 bridgehead atoms. The van der Waals surface area contributed by atoms with E-state index in [-0.39, 0.29) is 5.82 Å². The summed E-state index contributed by atoms with van der Waals surface area (Å²) in [6, 6.07) is 5.62. The van der Waals surface area contributed by atoms with Crippen LogP contribution in [0.2, 0.25) is 0 Å². The Hall–Kier alpha value is -0.890. The molecule has 0 saturated heterocycles. The number of hydrogen-bond donors (Lipinski definition) is 1. The van der Waals surface area contributed by atoms with Gasteiger partial charge in [0.05, 0.1) is 0 Å². The van der Waals surface area contributed by atoms with Crippen LogP contribution >= 0.6 is 0 Å². The van der Waals surface area contributed by atoms with Gasteiger partial charge >= 0.3 is 0 Å². The van der Waals surface area contributed by atoms with Crippen molar-refractivity contribution < 1.29 is 4.39 Å². The van der Waals surface area contributed by atoms with Gasteiger partial charge < -0.3 is 5.32 Å². The van der Waals surface area contributed by atoms with Crippen LogP contribution in [-0.2, 0) is 0 Å². The summed E-state index contributed by atoms with van der Waals surface area (Å²) in [4.78, 5) is 0. The topological polar surface area (TPSA) is 12.0 Å². The van der Waals surface area contributed by atoms with Gasteiger partial charge in [0.1, 0.15) is 5.82 Å². The lowest BCUT2D eigenvalue weighted by Gasteiger charge is -2.33. The number of halogens is 1. The van der Waals surface area contributed by atoms with E-state index in [2.05, 4.69) is 26.1 Å². The van der Waals surface area contributed by atoms with E-state index in [0.717, 1.165) is 19.4 Å². The second-order valence-corrected chi connectivity index (χ2v) is 5.47. The summed E-state index contributed by atoms with van der Waals surface area (Å²) in [5, 5.41) is 3.57. The molecule has 0 amide bonds. The fraction of sp³-hybridized carbons (Fsp3) is 0.600. The monoisotopic (exact) mass is 235 g/mol. The Balaban J connectivity index is 2.34. The number of nitrogens with one attached hydrogen (secondary N) is 1. The predicted molar refractivity (Wildman–Crippen MR) is 69.6 cm³/mol. The summed E-state index contributed by atoms with van der Waals surface area (Å²) in [6.45, 7) is 7.65. The Morgan fingerprint density at radius 1 is 1.35 bits per heavy atom. The zero-order valence-corrected chi connectivity index (χ0v) is 11.0. The standard InChI is InChI=1S/C15H22FN/c1-4-11-9-17-15(7-10(2)3)14-8-12(16)5-6-13(11)14/h5-6,8,10-11,15,17H,4,7,9H2,1-3H3. The molecule has 0 saturated carbocycles. The van der Waals surface area contributed by atoms with Crippen LogP contribution in [-0.4, -0.2) is 6.54 Å². The van der Waals surface area contributed by atoms with Gasteiger partial charge in [0.2, 0.25) is 0 Å². The molecule has 1 aromatic carbocycles. The molecule has 17 heavy (non-hydrogen) atoms. The van der Waals surface area contributed by atoms with E-state index in [1.54, 1.807) is 12.1 Å². The lowest BCUT2D eigenvalue weighted by atomic mass is 9.82. The average Bonchev–Trinajstić information content (AvgIpc) is 2.29. The number of benzene rings is 1. The van der Waals surface area contributed by atoms with Crippen molar-refractivity contribution in [2.24, 2.45) is 5.92 Å². The molecular weight excluding hydrogens is 213 g/mol. The molecule has 94 valence electrons. The van der Waals surface area contributed by atoms with Gasteiger partial charge in [0.25, 0.3) is 0 Å². The molecular formula is C15H22FN. The molecule has 0 aliphatic carbocycles. The van der Waals surface area contributed by atoms with Crippen LogP contribution in [0.15, 0.2) is 18.2 Å². The van der Waals surface area contributed by atoms with E-state index < -0.39 is 0 Å². The SMILES string of the molecule is CCC1CNC(CC(C)C)c2cc(F)ccc21. The van der Waals surface area contributed by atoms with Crippen LogP contribution in [0.5, 0.6) is 0 Å². The molecule has 0 spiro atoms. The molecule has 1 nitrogen and oxygen atoms in total. The molecule has 0 radical (unpaired) electrons. The molecule has 2 rings (SSSR count). The molecule has 1 heterocycles. The van der Waals surface area contributed by atoms with Crippen molar-refractivity contribution in [3.8, 4) is 0 Å². The third-order valence-corrected chi connectivity index (χ3v) is 3.67. The first-order valence-corrected chi connectivity index (χ1v) is 6.64. The lowest BCUT2D eigenvalue weighted by molar-refractivity contribution is 0.384. The lowest BCUT2D eigenvalue weighted by Crippen LogP contribution is -2.33. The average molecular weight is 235 g/mol. The maximum absolute atomic E-state index is 13.4. The van der Waals surface area contributed by atoms with E-state index >= 15 is 0 Å². The van der Waals surface area contributed by atoms with Crippen LogP contribution in [0.1, 0.15) is 56.7 Å². The van der Waals surface area contributed by atoms with Crippen LogP contribution < -0.4 is 5.32 Å². The van der Waals surface area contributed by atoms with Crippen LogP contribution in [0, 0.1) is 11.7 Å². The summed E-state index contributed by atoms with van der Waals surface area (Å²) in [6.07, 6.45) is 2.19. The molecule has 1 aliphatic heterocycles. The summed E-state index contributed by atoms with van der Waals surface area (Å²) >= 11 is 0. The Kier molecular flexibility index (Phi) is 3.82. The maximum atomic E-state index is 13.4. The summed E-state index contributed by atoms with van der Waals surface area (Å²) in [7, 11) is 0. The third kappa shape index (κ3) is 2.68. The number of rotatable bonds is 3. The van der Waals surface area contributed by atoms with Gasteiger partial charge in [-0.15, -0.1) is 0 Å². The maximum Gasteiger partial charge on any atom is 0.123 e. The van der Waals surface area contributed by atoms with Crippen molar-refractivity contribution in [3.63, 3.8) is 0 Å².